The highest BCUT2D eigenvalue weighted by Crippen LogP contribution is 2.33. The summed E-state index contributed by atoms with van der Waals surface area (Å²) >= 11 is 1.76. The minimum Gasteiger partial charge on any atom is -0.390 e. The molecule has 0 spiro atoms. The van der Waals surface area contributed by atoms with E-state index in [0.29, 0.717) is 18.5 Å². The summed E-state index contributed by atoms with van der Waals surface area (Å²) in [5, 5.41) is 19.1. The summed E-state index contributed by atoms with van der Waals surface area (Å²) in [6, 6.07) is 23.8. The number of hydrogen-bond acceptors (Lipinski definition) is 4. The first-order valence-corrected chi connectivity index (χ1v) is 12.6. The van der Waals surface area contributed by atoms with Crippen LogP contribution in [0.3, 0.4) is 0 Å². The molecule has 2 atom stereocenters. The van der Waals surface area contributed by atoms with Gasteiger partial charge in [0.05, 0.1) is 17.7 Å². The Hall–Kier alpha value is -3.32. The van der Waals surface area contributed by atoms with Gasteiger partial charge in [-0.1, -0.05) is 60.7 Å². The third kappa shape index (κ3) is 5.35. The Balaban J connectivity index is 1.26. The van der Waals surface area contributed by atoms with Crippen LogP contribution in [0.1, 0.15) is 38.0 Å². The number of aliphatic hydroxyl groups excluding tert-OH is 1. The van der Waals surface area contributed by atoms with Crippen molar-refractivity contribution in [2.45, 2.75) is 31.5 Å². The molecule has 3 N–H and O–H groups in total. The van der Waals surface area contributed by atoms with Crippen molar-refractivity contribution in [1.82, 2.24) is 10.6 Å². The standard InChI is InChI=1S/C29H27FN2O2S/c30-26-16-21(20-5-2-1-3-6-20)10-11-24(26)29(34)32-28-25-15-19(8-9-22(25)17-27(28)33)18-31-13-12-23-7-4-14-35-23/h1-11,14-16,27-28,31,33H,12-13,17-18H2,(H,32,34)/t27-,28-/m1/s1. The molecule has 1 amide bonds. The highest BCUT2D eigenvalue weighted by Gasteiger charge is 2.33. The molecule has 4 aromatic rings. The van der Waals surface area contributed by atoms with Gasteiger partial charge in [0.15, 0.2) is 0 Å². The minimum atomic E-state index is -0.748. The average molecular weight is 487 g/mol. The van der Waals surface area contributed by atoms with Gasteiger partial charge in [-0.3, -0.25) is 4.79 Å². The molecule has 1 aromatic heterocycles. The molecule has 35 heavy (non-hydrogen) atoms. The number of halogens is 1. The van der Waals surface area contributed by atoms with Crippen LogP contribution in [0.5, 0.6) is 0 Å². The minimum absolute atomic E-state index is 0.0308. The van der Waals surface area contributed by atoms with Crippen molar-refractivity contribution >= 4 is 17.2 Å². The fourth-order valence-electron chi connectivity index (χ4n) is 4.58. The summed E-state index contributed by atoms with van der Waals surface area (Å²) in [5.41, 5.74) is 4.55. The molecule has 0 aliphatic heterocycles. The number of hydrogen-bond donors (Lipinski definition) is 3. The first-order chi connectivity index (χ1) is 17.1. The molecule has 0 saturated heterocycles. The zero-order valence-electron chi connectivity index (χ0n) is 19.2. The lowest BCUT2D eigenvalue weighted by molar-refractivity contribution is 0.0854. The molecule has 0 unspecified atom stereocenters. The Labute approximate surface area is 208 Å². The van der Waals surface area contributed by atoms with Crippen molar-refractivity contribution in [2.24, 2.45) is 0 Å². The highest BCUT2D eigenvalue weighted by molar-refractivity contribution is 7.09. The Kier molecular flexibility index (Phi) is 7.04. The molecular formula is C29H27FN2O2S. The van der Waals surface area contributed by atoms with Crippen LogP contribution in [0.25, 0.3) is 11.1 Å². The van der Waals surface area contributed by atoms with E-state index in [1.54, 1.807) is 17.4 Å². The van der Waals surface area contributed by atoms with E-state index in [1.165, 1.54) is 17.0 Å². The van der Waals surface area contributed by atoms with Gasteiger partial charge in [0.1, 0.15) is 5.82 Å². The molecule has 6 heteroatoms. The lowest BCUT2D eigenvalue weighted by Gasteiger charge is -2.19. The van der Waals surface area contributed by atoms with Gasteiger partial charge in [-0.25, -0.2) is 4.39 Å². The van der Waals surface area contributed by atoms with E-state index >= 15 is 0 Å². The van der Waals surface area contributed by atoms with E-state index in [4.69, 9.17) is 0 Å². The monoisotopic (exact) mass is 486 g/mol. The largest absolute Gasteiger partial charge is 0.390 e. The summed E-state index contributed by atoms with van der Waals surface area (Å²) < 4.78 is 14.9. The summed E-state index contributed by atoms with van der Waals surface area (Å²) in [5.74, 6) is -1.11. The predicted molar refractivity (Wildman–Crippen MR) is 138 cm³/mol. The second-order valence-corrected chi connectivity index (χ2v) is 9.85. The molecule has 1 aliphatic carbocycles. The number of carbonyl (C=O) groups is 1. The second kappa shape index (κ2) is 10.5. The van der Waals surface area contributed by atoms with E-state index < -0.39 is 23.9 Å². The van der Waals surface area contributed by atoms with E-state index in [2.05, 4.69) is 34.2 Å². The van der Waals surface area contributed by atoms with Gasteiger partial charge in [-0.2, -0.15) is 0 Å². The van der Waals surface area contributed by atoms with Gasteiger partial charge >= 0.3 is 0 Å². The number of amides is 1. The topological polar surface area (TPSA) is 61.4 Å². The van der Waals surface area contributed by atoms with Gasteiger partial charge in [-0.05, 0) is 57.8 Å². The summed E-state index contributed by atoms with van der Waals surface area (Å²) in [7, 11) is 0. The van der Waals surface area contributed by atoms with Gasteiger partial charge < -0.3 is 15.7 Å². The highest BCUT2D eigenvalue weighted by atomic mass is 32.1. The smallest absolute Gasteiger partial charge is 0.254 e. The summed E-state index contributed by atoms with van der Waals surface area (Å²) in [6.45, 7) is 1.57. The SMILES string of the molecule is O=C(N[C@@H]1c2cc(CNCCc3cccs3)ccc2C[C@H]1O)c1ccc(-c2ccccc2)cc1F. The number of aliphatic hydroxyl groups is 1. The molecule has 4 nitrogen and oxygen atoms in total. The van der Waals surface area contributed by atoms with E-state index in [1.807, 2.05) is 42.5 Å². The maximum Gasteiger partial charge on any atom is 0.254 e. The normalized spacial score (nSPS) is 16.7. The molecule has 0 fully saturated rings. The fourth-order valence-corrected chi connectivity index (χ4v) is 5.29. The summed E-state index contributed by atoms with van der Waals surface area (Å²) in [4.78, 5) is 14.3. The van der Waals surface area contributed by atoms with Crippen LogP contribution < -0.4 is 10.6 Å². The van der Waals surface area contributed by atoms with Gasteiger partial charge in [-0.15, -0.1) is 11.3 Å². The Morgan fingerprint density at radius 3 is 2.63 bits per heavy atom. The molecule has 1 heterocycles. The van der Waals surface area contributed by atoms with Crippen molar-refractivity contribution in [3.63, 3.8) is 0 Å². The zero-order chi connectivity index (χ0) is 24.2. The van der Waals surface area contributed by atoms with Crippen LogP contribution in [0.2, 0.25) is 0 Å². The van der Waals surface area contributed by atoms with Crippen molar-refractivity contribution in [2.75, 3.05) is 6.54 Å². The Morgan fingerprint density at radius 2 is 1.86 bits per heavy atom. The lowest BCUT2D eigenvalue weighted by atomic mass is 10.0. The Bertz CT molecular complexity index is 1310. The quantitative estimate of drug-likeness (QED) is 0.297. The maximum atomic E-state index is 14.9. The van der Waals surface area contributed by atoms with Gasteiger partial charge in [0.25, 0.3) is 5.91 Å². The maximum absolute atomic E-state index is 14.9. The van der Waals surface area contributed by atoms with Crippen LogP contribution in [0, 0.1) is 5.82 Å². The van der Waals surface area contributed by atoms with Crippen LogP contribution >= 0.6 is 11.3 Å². The van der Waals surface area contributed by atoms with Crippen LogP contribution in [0.4, 0.5) is 4.39 Å². The van der Waals surface area contributed by atoms with Gasteiger partial charge in [0.2, 0.25) is 0 Å². The first kappa shape index (κ1) is 23.4. The van der Waals surface area contributed by atoms with Crippen LogP contribution in [-0.2, 0) is 19.4 Å². The summed E-state index contributed by atoms with van der Waals surface area (Å²) in [6.07, 6.45) is 0.693. The first-order valence-electron chi connectivity index (χ1n) is 11.8. The second-order valence-electron chi connectivity index (χ2n) is 8.82. The Morgan fingerprint density at radius 1 is 1.00 bits per heavy atom. The number of thiophene rings is 1. The molecule has 0 saturated carbocycles. The molecule has 178 valence electrons. The van der Waals surface area contributed by atoms with Crippen molar-refractivity contribution < 1.29 is 14.3 Å². The number of carbonyl (C=O) groups excluding carboxylic acids is 1. The van der Waals surface area contributed by atoms with Crippen LogP contribution in [-0.4, -0.2) is 23.7 Å². The zero-order valence-corrected chi connectivity index (χ0v) is 20.0. The number of rotatable bonds is 8. The molecule has 0 bridgehead atoms. The number of benzene rings is 3. The van der Waals surface area contributed by atoms with E-state index in [9.17, 15) is 14.3 Å². The molecule has 0 radical (unpaired) electrons. The molecule has 3 aromatic carbocycles. The third-order valence-corrected chi connectivity index (χ3v) is 7.36. The van der Waals surface area contributed by atoms with E-state index in [0.717, 1.165) is 35.2 Å². The van der Waals surface area contributed by atoms with E-state index in [-0.39, 0.29) is 5.56 Å². The predicted octanol–water partition coefficient (Wildman–Crippen LogP) is 5.27. The third-order valence-electron chi connectivity index (χ3n) is 6.42. The number of nitrogens with one attached hydrogen (secondary N) is 2. The number of fused-ring (bicyclic) bond motifs is 1. The van der Waals surface area contributed by atoms with Crippen molar-refractivity contribution in [3.05, 3.63) is 117 Å². The van der Waals surface area contributed by atoms with Gasteiger partial charge in [0, 0.05) is 24.4 Å². The fraction of sp³-hybridized carbons (Fsp3) is 0.207. The average Bonchev–Trinajstić information content (AvgIpc) is 3.50. The lowest BCUT2D eigenvalue weighted by Crippen LogP contribution is -2.34. The van der Waals surface area contributed by atoms with Crippen molar-refractivity contribution in [1.29, 1.82) is 0 Å². The molecular weight excluding hydrogens is 459 g/mol. The molecule has 5 rings (SSSR count). The van der Waals surface area contributed by atoms with Crippen LogP contribution in [0.15, 0.2) is 84.2 Å². The van der Waals surface area contributed by atoms with Crippen molar-refractivity contribution in [3.8, 4) is 11.1 Å². The molecule has 1 aliphatic rings.